The summed E-state index contributed by atoms with van der Waals surface area (Å²) in [5.41, 5.74) is 5.25. The highest BCUT2D eigenvalue weighted by Crippen LogP contribution is 2.21. The zero-order chi connectivity index (χ0) is 14.5. The van der Waals surface area contributed by atoms with Crippen LogP contribution < -0.4 is 11.1 Å². The third kappa shape index (κ3) is 3.61. The van der Waals surface area contributed by atoms with Crippen LogP contribution in [0.1, 0.15) is 38.5 Å². The number of hydrogen-bond acceptors (Lipinski definition) is 4. The maximum Gasteiger partial charge on any atom is 0.407 e. The fourth-order valence-electron chi connectivity index (χ4n) is 2.81. The van der Waals surface area contributed by atoms with Crippen molar-refractivity contribution in [2.75, 3.05) is 13.1 Å². The molecule has 0 radical (unpaired) electrons. The van der Waals surface area contributed by atoms with Gasteiger partial charge in [0.15, 0.2) is 0 Å². The van der Waals surface area contributed by atoms with Gasteiger partial charge in [-0.15, -0.1) is 0 Å². The van der Waals surface area contributed by atoms with Crippen LogP contribution in [0.4, 0.5) is 4.79 Å². The maximum absolute atomic E-state index is 11.9. The lowest BCUT2D eigenvalue weighted by atomic mass is 10.2. The van der Waals surface area contributed by atoms with E-state index in [2.05, 4.69) is 5.32 Å². The number of carbonyl (C=O) groups excluding carboxylic acids is 3. The first kappa shape index (κ1) is 14.6. The van der Waals surface area contributed by atoms with E-state index in [4.69, 9.17) is 10.5 Å². The van der Waals surface area contributed by atoms with Crippen LogP contribution >= 0.6 is 0 Å². The molecule has 1 atom stereocenters. The molecule has 2 aliphatic rings. The van der Waals surface area contributed by atoms with E-state index in [1.54, 1.807) is 0 Å². The lowest BCUT2D eigenvalue weighted by Gasteiger charge is -2.22. The molecule has 3 N–H and O–H groups in total. The van der Waals surface area contributed by atoms with Crippen molar-refractivity contribution in [1.29, 1.82) is 0 Å². The molecule has 112 valence electrons. The van der Waals surface area contributed by atoms with Gasteiger partial charge in [-0.05, 0) is 38.5 Å². The fourth-order valence-corrected chi connectivity index (χ4v) is 2.81. The van der Waals surface area contributed by atoms with Crippen molar-refractivity contribution >= 4 is 17.9 Å². The normalized spacial score (nSPS) is 22.8. The monoisotopic (exact) mass is 283 g/mol. The Bertz CT molecular complexity index is 393. The van der Waals surface area contributed by atoms with Crippen LogP contribution in [0.5, 0.6) is 0 Å². The molecule has 2 fully saturated rings. The molecule has 20 heavy (non-hydrogen) atoms. The molecule has 7 nitrogen and oxygen atoms in total. The van der Waals surface area contributed by atoms with Crippen molar-refractivity contribution in [2.45, 2.75) is 50.7 Å². The predicted molar refractivity (Wildman–Crippen MR) is 70.7 cm³/mol. The minimum atomic E-state index is -0.569. The van der Waals surface area contributed by atoms with Crippen LogP contribution in [-0.4, -0.2) is 48.0 Å². The van der Waals surface area contributed by atoms with Gasteiger partial charge in [-0.3, -0.25) is 9.59 Å². The number of hydrogen-bond donors (Lipinski definition) is 2. The van der Waals surface area contributed by atoms with Gasteiger partial charge in [0.25, 0.3) is 0 Å². The van der Waals surface area contributed by atoms with E-state index < -0.39 is 18.0 Å². The number of nitrogens with two attached hydrogens (primary N) is 1. The van der Waals surface area contributed by atoms with Gasteiger partial charge in [0.1, 0.15) is 18.7 Å². The Hall–Kier alpha value is -1.79. The Labute approximate surface area is 117 Å². The van der Waals surface area contributed by atoms with Gasteiger partial charge in [0, 0.05) is 6.54 Å². The summed E-state index contributed by atoms with van der Waals surface area (Å²) < 4.78 is 5.19. The van der Waals surface area contributed by atoms with Crippen LogP contribution in [0, 0.1) is 0 Å². The summed E-state index contributed by atoms with van der Waals surface area (Å²) in [5.74, 6) is -0.793. The Balaban J connectivity index is 1.73. The number of nitrogens with one attached hydrogen (secondary N) is 1. The van der Waals surface area contributed by atoms with E-state index in [1.807, 2.05) is 0 Å². The molecule has 1 unspecified atom stereocenters. The first-order chi connectivity index (χ1) is 9.58. The van der Waals surface area contributed by atoms with Gasteiger partial charge in [-0.25, -0.2) is 4.79 Å². The van der Waals surface area contributed by atoms with Crippen LogP contribution in [0.3, 0.4) is 0 Å². The van der Waals surface area contributed by atoms with Crippen LogP contribution in [-0.2, 0) is 14.3 Å². The second-order valence-electron chi connectivity index (χ2n) is 5.31. The van der Waals surface area contributed by atoms with Crippen molar-refractivity contribution < 1.29 is 19.1 Å². The molecule has 3 amide bonds. The van der Waals surface area contributed by atoms with Gasteiger partial charge < -0.3 is 20.7 Å². The molecule has 1 saturated carbocycles. The molecule has 0 spiro atoms. The van der Waals surface area contributed by atoms with Crippen LogP contribution in [0.15, 0.2) is 0 Å². The summed E-state index contributed by atoms with van der Waals surface area (Å²) in [6.07, 6.45) is 4.67. The van der Waals surface area contributed by atoms with E-state index in [1.165, 1.54) is 4.90 Å². The number of amides is 3. The van der Waals surface area contributed by atoms with E-state index in [-0.39, 0.29) is 18.6 Å². The molecule has 2 rings (SSSR count). The van der Waals surface area contributed by atoms with Crippen LogP contribution in [0.2, 0.25) is 0 Å². The second kappa shape index (κ2) is 6.58. The number of ether oxygens (including phenoxy) is 1. The predicted octanol–water partition coefficient (Wildman–Crippen LogP) is 0.131. The highest BCUT2D eigenvalue weighted by Gasteiger charge is 2.32. The fraction of sp³-hybridized carbons (Fsp3) is 0.769. The van der Waals surface area contributed by atoms with Crippen molar-refractivity contribution in [2.24, 2.45) is 5.73 Å². The lowest BCUT2D eigenvalue weighted by Crippen LogP contribution is -2.47. The van der Waals surface area contributed by atoms with E-state index >= 15 is 0 Å². The topological polar surface area (TPSA) is 102 Å². The molecule has 1 aliphatic carbocycles. The summed E-state index contributed by atoms with van der Waals surface area (Å²) in [6.45, 7) is 0.348. The molecule has 7 heteroatoms. The molecular weight excluding hydrogens is 262 g/mol. The summed E-state index contributed by atoms with van der Waals surface area (Å²) >= 11 is 0. The SMILES string of the molecule is NC(=O)C1CCCN1C(=O)CNC(=O)OC1CCCC1. The largest absolute Gasteiger partial charge is 0.446 e. The lowest BCUT2D eigenvalue weighted by molar-refractivity contribution is -0.136. The molecule has 0 aromatic heterocycles. The number of rotatable bonds is 4. The molecule has 0 aromatic rings. The van der Waals surface area contributed by atoms with Gasteiger partial charge in [-0.1, -0.05) is 0 Å². The zero-order valence-electron chi connectivity index (χ0n) is 11.5. The van der Waals surface area contributed by atoms with Gasteiger partial charge >= 0.3 is 6.09 Å². The molecular formula is C13H21N3O4. The molecule has 1 aliphatic heterocycles. The highest BCUT2D eigenvalue weighted by molar-refractivity contribution is 5.89. The first-order valence-electron chi connectivity index (χ1n) is 7.11. The standard InChI is InChI=1S/C13H21N3O4/c14-12(18)10-6-3-7-16(10)11(17)8-15-13(19)20-9-4-1-2-5-9/h9-10H,1-8H2,(H2,14,18)(H,15,19). The minimum Gasteiger partial charge on any atom is -0.446 e. The summed E-state index contributed by atoms with van der Waals surface area (Å²) in [4.78, 5) is 36.1. The van der Waals surface area contributed by atoms with E-state index in [0.717, 1.165) is 32.1 Å². The third-order valence-corrected chi connectivity index (χ3v) is 3.86. The smallest absolute Gasteiger partial charge is 0.407 e. The van der Waals surface area contributed by atoms with Crippen LogP contribution in [0.25, 0.3) is 0 Å². The molecule has 1 saturated heterocycles. The van der Waals surface area contributed by atoms with Crippen molar-refractivity contribution in [3.8, 4) is 0 Å². The number of likely N-dealkylation sites (tertiary alicyclic amines) is 1. The van der Waals surface area contributed by atoms with E-state index in [9.17, 15) is 14.4 Å². The average molecular weight is 283 g/mol. The summed E-state index contributed by atoms with van der Waals surface area (Å²) in [5, 5.41) is 2.44. The Morgan fingerprint density at radius 1 is 1.15 bits per heavy atom. The zero-order valence-corrected chi connectivity index (χ0v) is 11.5. The van der Waals surface area contributed by atoms with E-state index in [0.29, 0.717) is 13.0 Å². The van der Waals surface area contributed by atoms with Crippen molar-refractivity contribution in [3.63, 3.8) is 0 Å². The average Bonchev–Trinajstić information content (AvgIpc) is 3.06. The first-order valence-corrected chi connectivity index (χ1v) is 7.11. The highest BCUT2D eigenvalue weighted by atomic mass is 16.6. The number of alkyl carbamates (subject to hydrolysis) is 1. The summed E-state index contributed by atoms with van der Waals surface area (Å²) in [6, 6.07) is -0.546. The van der Waals surface area contributed by atoms with Gasteiger partial charge in [-0.2, -0.15) is 0 Å². The third-order valence-electron chi connectivity index (χ3n) is 3.86. The van der Waals surface area contributed by atoms with Gasteiger partial charge in [0.05, 0.1) is 0 Å². The minimum absolute atomic E-state index is 0.0322. The quantitative estimate of drug-likeness (QED) is 0.765. The van der Waals surface area contributed by atoms with Crippen molar-refractivity contribution in [1.82, 2.24) is 10.2 Å². The number of nitrogens with zero attached hydrogens (tertiary/aromatic N) is 1. The Morgan fingerprint density at radius 2 is 1.85 bits per heavy atom. The number of primary amides is 1. The number of carbonyl (C=O) groups is 3. The Kier molecular flexibility index (Phi) is 4.81. The summed E-state index contributed by atoms with van der Waals surface area (Å²) in [7, 11) is 0. The Morgan fingerprint density at radius 3 is 2.50 bits per heavy atom. The van der Waals surface area contributed by atoms with Gasteiger partial charge in [0.2, 0.25) is 11.8 Å². The molecule has 1 heterocycles. The molecule has 0 aromatic carbocycles. The van der Waals surface area contributed by atoms with Crippen molar-refractivity contribution in [3.05, 3.63) is 0 Å². The maximum atomic E-state index is 11.9. The second-order valence-corrected chi connectivity index (χ2v) is 5.31. The molecule has 0 bridgehead atoms.